The van der Waals surface area contributed by atoms with Crippen molar-refractivity contribution in [2.75, 3.05) is 41.0 Å². The lowest BCUT2D eigenvalue weighted by Gasteiger charge is -2.35. The first-order chi connectivity index (χ1) is 12.5. The van der Waals surface area contributed by atoms with Crippen LogP contribution < -0.4 is 20.1 Å². The standard InChI is InChI=1S/C17H23N3O5S/c1-23-7-6-18-16(22)10-20-13(9-15(21)19-17(20)26)12-5-4-11(24-2)8-14(12)25-3/h4-5,8-9,17,26H,6-7,10H2,1-3H3,(H,18,22)(H,19,21). The molecule has 1 aliphatic heterocycles. The Hall–Kier alpha value is -2.39. The molecule has 1 unspecified atom stereocenters. The Morgan fingerprint density at radius 3 is 2.73 bits per heavy atom. The van der Waals surface area contributed by atoms with E-state index in [1.165, 1.54) is 13.2 Å². The summed E-state index contributed by atoms with van der Waals surface area (Å²) in [5, 5.41) is 5.42. The number of rotatable bonds is 8. The van der Waals surface area contributed by atoms with Crippen molar-refractivity contribution in [3.05, 3.63) is 29.8 Å². The third kappa shape index (κ3) is 4.83. The minimum Gasteiger partial charge on any atom is -0.497 e. The molecule has 1 atom stereocenters. The van der Waals surface area contributed by atoms with Gasteiger partial charge in [0.2, 0.25) is 11.8 Å². The molecular weight excluding hydrogens is 358 g/mol. The minimum atomic E-state index is -0.650. The molecule has 0 aliphatic carbocycles. The van der Waals surface area contributed by atoms with Gasteiger partial charge in [0.15, 0.2) is 0 Å². The molecular formula is C17H23N3O5S. The summed E-state index contributed by atoms with van der Waals surface area (Å²) in [6, 6.07) is 5.25. The van der Waals surface area contributed by atoms with Crippen molar-refractivity contribution >= 4 is 30.1 Å². The molecule has 0 bridgehead atoms. The van der Waals surface area contributed by atoms with Gasteiger partial charge in [0.1, 0.15) is 17.0 Å². The number of carbonyl (C=O) groups is 2. The van der Waals surface area contributed by atoms with Gasteiger partial charge in [-0.05, 0) is 12.1 Å². The number of ether oxygens (including phenoxy) is 3. The number of thiol groups is 1. The second kappa shape index (κ2) is 9.35. The lowest BCUT2D eigenvalue weighted by molar-refractivity contribution is -0.123. The van der Waals surface area contributed by atoms with Crippen LogP contribution >= 0.6 is 12.6 Å². The Morgan fingerprint density at radius 2 is 2.08 bits per heavy atom. The number of nitrogens with one attached hydrogen (secondary N) is 2. The highest BCUT2D eigenvalue weighted by Crippen LogP contribution is 2.34. The number of carbonyl (C=O) groups excluding carboxylic acids is 2. The van der Waals surface area contributed by atoms with Crippen molar-refractivity contribution in [2.45, 2.75) is 5.50 Å². The summed E-state index contributed by atoms with van der Waals surface area (Å²) in [5.74, 6) is 0.637. The van der Waals surface area contributed by atoms with Crippen LogP contribution in [0.3, 0.4) is 0 Å². The first-order valence-corrected chi connectivity index (χ1v) is 8.46. The van der Waals surface area contributed by atoms with Crippen molar-refractivity contribution in [3.63, 3.8) is 0 Å². The molecule has 142 valence electrons. The summed E-state index contributed by atoms with van der Waals surface area (Å²) >= 11 is 4.39. The molecule has 26 heavy (non-hydrogen) atoms. The first-order valence-electron chi connectivity index (χ1n) is 7.95. The van der Waals surface area contributed by atoms with Crippen molar-refractivity contribution < 1.29 is 23.8 Å². The highest BCUT2D eigenvalue weighted by Gasteiger charge is 2.29. The van der Waals surface area contributed by atoms with Crippen LogP contribution in [-0.4, -0.2) is 63.2 Å². The normalized spacial score (nSPS) is 16.6. The van der Waals surface area contributed by atoms with Gasteiger partial charge in [-0.3, -0.25) is 9.59 Å². The fraction of sp³-hybridized carbons (Fsp3) is 0.412. The van der Waals surface area contributed by atoms with Gasteiger partial charge in [0, 0.05) is 31.4 Å². The molecule has 0 fully saturated rings. The van der Waals surface area contributed by atoms with E-state index < -0.39 is 5.50 Å². The van der Waals surface area contributed by atoms with E-state index in [0.717, 1.165) is 0 Å². The molecule has 1 aromatic carbocycles. The van der Waals surface area contributed by atoms with Crippen molar-refractivity contribution in [1.82, 2.24) is 15.5 Å². The fourth-order valence-corrected chi connectivity index (χ4v) is 2.84. The Balaban J connectivity index is 2.30. The summed E-state index contributed by atoms with van der Waals surface area (Å²) in [7, 11) is 4.65. The lowest BCUT2D eigenvalue weighted by Crippen LogP contribution is -2.50. The van der Waals surface area contributed by atoms with E-state index in [4.69, 9.17) is 14.2 Å². The zero-order valence-corrected chi connectivity index (χ0v) is 15.8. The SMILES string of the molecule is COCCNC(=O)CN1C(c2ccc(OC)cc2OC)=CC(=O)NC1S. The molecule has 1 aromatic rings. The zero-order valence-electron chi connectivity index (χ0n) is 14.9. The van der Waals surface area contributed by atoms with Crippen LogP contribution in [0.5, 0.6) is 11.5 Å². The number of methoxy groups -OCH3 is 3. The van der Waals surface area contributed by atoms with Crippen LogP contribution in [-0.2, 0) is 14.3 Å². The van der Waals surface area contributed by atoms with E-state index in [9.17, 15) is 9.59 Å². The molecule has 0 aromatic heterocycles. The molecule has 0 saturated heterocycles. The van der Waals surface area contributed by atoms with Gasteiger partial charge >= 0.3 is 0 Å². The molecule has 2 rings (SSSR count). The van der Waals surface area contributed by atoms with Gasteiger partial charge in [-0.15, -0.1) is 12.6 Å². The molecule has 1 heterocycles. The van der Waals surface area contributed by atoms with Gasteiger partial charge in [-0.2, -0.15) is 0 Å². The highest BCUT2D eigenvalue weighted by atomic mass is 32.1. The van der Waals surface area contributed by atoms with E-state index in [1.54, 1.807) is 37.3 Å². The Kier molecular flexibility index (Phi) is 7.16. The maximum absolute atomic E-state index is 12.2. The first kappa shape index (κ1) is 19.9. The van der Waals surface area contributed by atoms with Crippen molar-refractivity contribution in [1.29, 1.82) is 0 Å². The van der Waals surface area contributed by atoms with Gasteiger partial charge in [0.25, 0.3) is 0 Å². The largest absolute Gasteiger partial charge is 0.497 e. The predicted molar refractivity (Wildman–Crippen MR) is 100 cm³/mol. The van der Waals surface area contributed by atoms with Gasteiger partial charge in [-0.25, -0.2) is 0 Å². The highest BCUT2D eigenvalue weighted by molar-refractivity contribution is 7.80. The van der Waals surface area contributed by atoms with E-state index >= 15 is 0 Å². The summed E-state index contributed by atoms with van der Waals surface area (Å²) < 4.78 is 15.5. The zero-order chi connectivity index (χ0) is 19.1. The quantitative estimate of drug-likeness (QED) is 0.448. The van der Waals surface area contributed by atoms with E-state index in [0.29, 0.717) is 35.9 Å². The molecule has 0 saturated carbocycles. The Bertz CT molecular complexity index is 695. The topological polar surface area (TPSA) is 89.1 Å². The Labute approximate surface area is 157 Å². The number of amides is 2. The predicted octanol–water partition coefficient (Wildman–Crippen LogP) is 0.453. The van der Waals surface area contributed by atoms with Gasteiger partial charge in [0.05, 0.1) is 33.1 Å². The molecule has 0 radical (unpaired) electrons. The average molecular weight is 381 g/mol. The number of hydrogen-bond donors (Lipinski definition) is 3. The molecule has 1 aliphatic rings. The van der Waals surface area contributed by atoms with Gasteiger partial charge in [-0.1, -0.05) is 0 Å². The van der Waals surface area contributed by atoms with Crippen molar-refractivity contribution in [2.24, 2.45) is 0 Å². The smallest absolute Gasteiger partial charge is 0.248 e. The van der Waals surface area contributed by atoms with Crippen LogP contribution in [0.25, 0.3) is 5.70 Å². The van der Waals surface area contributed by atoms with E-state index in [2.05, 4.69) is 23.3 Å². The van der Waals surface area contributed by atoms with Crippen LogP contribution in [0.1, 0.15) is 5.56 Å². The molecule has 2 N–H and O–H groups in total. The third-order valence-electron chi connectivity index (χ3n) is 3.77. The van der Waals surface area contributed by atoms with Crippen LogP contribution in [0, 0.1) is 0 Å². The lowest BCUT2D eigenvalue weighted by atomic mass is 10.1. The van der Waals surface area contributed by atoms with Crippen LogP contribution in [0.4, 0.5) is 0 Å². The molecule has 0 spiro atoms. The van der Waals surface area contributed by atoms with Crippen LogP contribution in [0.2, 0.25) is 0 Å². The minimum absolute atomic E-state index is 0.0131. The van der Waals surface area contributed by atoms with Crippen molar-refractivity contribution in [3.8, 4) is 11.5 Å². The average Bonchev–Trinajstić information content (AvgIpc) is 2.63. The number of nitrogens with zero attached hydrogens (tertiary/aromatic N) is 1. The Morgan fingerprint density at radius 1 is 1.31 bits per heavy atom. The van der Waals surface area contributed by atoms with Crippen LogP contribution in [0.15, 0.2) is 24.3 Å². The summed E-state index contributed by atoms with van der Waals surface area (Å²) in [4.78, 5) is 25.9. The summed E-state index contributed by atoms with van der Waals surface area (Å²) in [6.07, 6.45) is 1.42. The van der Waals surface area contributed by atoms with E-state index in [-0.39, 0.29) is 18.4 Å². The van der Waals surface area contributed by atoms with Gasteiger partial charge < -0.3 is 29.7 Å². The second-order valence-electron chi connectivity index (χ2n) is 5.45. The molecule has 9 heteroatoms. The number of benzene rings is 1. The number of hydrogen-bond acceptors (Lipinski definition) is 7. The maximum Gasteiger partial charge on any atom is 0.248 e. The maximum atomic E-state index is 12.2. The molecule has 8 nitrogen and oxygen atoms in total. The second-order valence-corrected chi connectivity index (χ2v) is 5.94. The summed E-state index contributed by atoms with van der Waals surface area (Å²) in [5.41, 5.74) is 0.546. The van der Waals surface area contributed by atoms with E-state index in [1.807, 2.05) is 0 Å². The third-order valence-corrected chi connectivity index (χ3v) is 4.18. The molecule has 2 amide bonds. The monoisotopic (exact) mass is 381 g/mol. The summed E-state index contributed by atoms with van der Waals surface area (Å²) in [6.45, 7) is 0.832. The fourth-order valence-electron chi connectivity index (χ4n) is 2.50.